The van der Waals surface area contributed by atoms with E-state index in [9.17, 15) is 27.6 Å². The van der Waals surface area contributed by atoms with Crippen molar-refractivity contribution in [2.75, 3.05) is 11.5 Å². The van der Waals surface area contributed by atoms with Crippen LogP contribution < -0.4 is 5.73 Å². The van der Waals surface area contributed by atoms with Crippen LogP contribution in [0.25, 0.3) is 10.9 Å². The number of hydrogen-bond donors (Lipinski definition) is 1. The molecule has 2 aromatic carbocycles. The summed E-state index contributed by atoms with van der Waals surface area (Å²) in [6.07, 6.45) is -2.71. The van der Waals surface area contributed by atoms with Gasteiger partial charge in [-0.15, -0.1) is 0 Å². The summed E-state index contributed by atoms with van der Waals surface area (Å²) in [5.41, 5.74) is 7.95. The second-order valence-electron chi connectivity index (χ2n) is 8.25. The predicted octanol–water partition coefficient (Wildman–Crippen LogP) is 4.30. The average molecular weight is 518 g/mol. The summed E-state index contributed by atoms with van der Waals surface area (Å²) in [4.78, 5) is 42.6. The predicted molar refractivity (Wildman–Crippen MR) is 133 cm³/mol. The molecule has 1 atom stereocenters. The van der Waals surface area contributed by atoms with Crippen molar-refractivity contribution in [2.24, 2.45) is 5.73 Å². The van der Waals surface area contributed by atoms with Gasteiger partial charge in [-0.1, -0.05) is 48.5 Å². The Morgan fingerprint density at radius 3 is 2.39 bits per heavy atom. The fourth-order valence-electron chi connectivity index (χ4n) is 3.72. The number of aromatic nitrogens is 1. The van der Waals surface area contributed by atoms with Crippen molar-refractivity contribution in [1.82, 2.24) is 9.88 Å². The number of benzene rings is 2. The molecule has 0 aliphatic rings. The van der Waals surface area contributed by atoms with Gasteiger partial charge in [0.05, 0.1) is 17.7 Å². The van der Waals surface area contributed by atoms with E-state index < -0.39 is 29.7 Å². The largest absolute Gasteiger partial charge is 0.450 e. The van der Waals surface area contributed by atoms with Gasteiger partial charge < -0.3 is 10.6 Å². The molecule has 0 unspecified atom stereocenters. The number of carbonyl (C=O) groups excluding carboxylic acids is 3. The Hall–Kier alpha value is -3.40. The van der Waals surface area contributed by atoms with Gasteiger partial charge in [-0.25, -0.2) is 0 Å². The van der Waals surface area contributed by atoms with Gasteiger partial charge in [-0.3, -0.25) is 19.4 Å². The van der Waals surface area contributed by atoms with Crippen LogP contribution in [0.5, 0.6) is 0 Å². The van der Waals surface area contributed by atoms with E-state index in [1.807, 2.05) is 48.5 Å². The van der Waals surface area contributed by atoms with Gasteiger partial charge in [-0.05, 0) is 41.9 Å². The van der Waals surface area contributed by atoms with Crippen molar-refractivity contribution in [1.29, 1.82) is 0 Å². The second-order valence-corrected chi connectivity index (χ2v) is 9.36. The Balaban J connectivity index is 1.75. The highest BCUT2D eigenvalue weighted by molar-refractivity contribution is 7.99. The Kier molecular flexibility index (Phi) is 9.46. The number of primary amides is 1. The lowest BCUT2D eigenvalue weighted by atomic mass is 10.0. The van der Waals surface area contributed by atoms with Crippen molar-refractivity contribution < 1.29 is 27.6 Å². The molecule has 1 heterocycles. The normalized spacial score (nSPS) is 12.3. The first-order valence-electron chi connectivity index (χ1n) is 11.3. The van der Waals surface area contributed by atoms with Crippen LogP contribution in [0.1, 0.15) is 24.0 Å². The summed E-state index contributed by atoms with van der Waals surface area (Å²) in [7, 11) is 0. The third kappa shape index (κ3) is 7.81. The lowest BCUT2D eigenvalue weighted by Crippen LogP contribution is -2.48. The van der Waals surface area contributed by atoms with Crippen molar-refractivity contribution in [3.05, 3.63) is 78.0 Å². The number of rotatable bonds is 12. The Morgan fingerprint density at radius 2 is 1.69 bits per heavy atom. The molecule has 0 fully saturated rings. The number of amides is 2. The number of thioether (sulfide) groups is 1. The van der Waals surface area contributed by atoms with E-state index in [4.69, 9.17) is 5.73 Å². The van der Waals surface area contributed by atoms with E-state index in [2.05, 4.69) is 4.98 Å². The highest BCUT2D eigenvalue weighted by Crippen LogP contribution is 2.21. The number of Topliss-reactive ketones (excluding diaryl/α,β-unsaturated/α-hetero) is 1. The molecule has 0 aliphatic heterocycles. The zero-order chi connectivity index (χ0) is 26.1. The standard InChI is InChI=1S/C26H26F3N3O3S/c27-26(28,29)23(33)17-36-12-6-11-22(25(30)35)32(24(34)14-18-7-2-1-3-8-18)16-19-13-20-9-4-5-10-21(20)31-15-19/h1-5,7-10,13,15,22H,6,11-12,14,16-17H2,(H2,30,35)/t22-/m0/s1. The number of pyridine rings is 1. The van der Waals surface area contributed by atoms with Crippen LogP contribution in [0.4, 0.5) is 13.2 Å². The molecule has 0 spiro atoms. The Labute approximate surface area is 211 Å². The first kappa shape index (κ1) is 27.2. The number of fused-ring (bicyclic) bond motifs is 1. The molecule has 3 rings (SSSR count). The van der Waals surface area contributed by atoms with Gasteiger partial charge in [0.2, 0.25) is 17.6 Å². The van der Waals surface area contributed by atoms with Crippen LogP contribution in [-0.2, 0) is 27.3 Å². The highest BCUT2D eigenvalue weighted by Gasteiger charge is 2.37. The van der Waals surface area contributed by atoms with Crippen LogP contribution in [-0.4, -0.2) is 51.2 Å². The molecular formula is C26H26F3N3O3S. The number of para-hydroxylation sites is 1. The lowest BCUT2D eigenvalue weighted by Gasteiger charge is -2.30. The van der Waals surface area contributed by atoms with E-state index in [0.29, 0.717) is 12.0 Å². The number of carbonyl (C=O) groups is 3. The zero-order valence-corrected chi connectivity index (χ0v) is 20.2. The van der Waals surface area contributed by atoms with Gasteiger partial charge in [0.15, 0.2) is 0 Å². The van der Waals surface area contributed by atoms with Crippen molar-refractivity contribution >= 4 is 40.3 Å². The average Bonchev–Trinajstić information content (AvgIpc) is 2.84. The molecule has 0 saturated heterocycles. The molecule has 0 radical (unpaired) electrons. The van der Waals surface area contributed by atoms with Crippen molar-refractivity contribution in [3.8, 4) is 0 Å². The summed E-state index contributed by atoms with van der Waals surface area (Å²) >= 11 is 0.835. The van der Waals surface area contributed by atoms with Crippen molar-refractivity contribution in [3.63, 3.8) is 0 Å². The van der Waals surface area contributed by atoms with E-state index in [1.54, 1.807) is 18.3 Å². The maximum atomic E-state index is 13.3. The summed E-state index contributed by atoms with van der Waals surface area (Å²) in [5, 5.41) is 0.881. The van der Waals surface area contributed by atoms with Crippen LogP contribution in [0, 0.1) is 0 Å². The molecule has 10 heteroatoms. The van der Waals surface area contributed by atoms with E-state index in [0.717, 1.165) is 28.2 Å². The third-order valence-corrected chi connectivity index (χ3v) is 6.58. The Bertz CT molecular complexity index is 1210. The molecule has 2 N–H and O–H groups in total. The number of ketones is 1. The minimum Gasteiger partial charge on any atom is -0.368 e. The SMILES string of the molecule is NC(=O)[C@H](CCCSCC(=O)C(F)(F)F)N(Cc1cnc2ccccc2c1)C(=O)Cc1ccccc1. The maximum Gasteiger partial charge on any atom is 0.450 e. The van der Waals surface area contributed by atoms with Crippen LogP contribution >= 0.6 is 11.8 Å². The molecule has 0 bridgehead atoms. The molecule has 190 valence electrons. The van der Waals surface area contributed by atoms with Gasteiger partial charge in [0.1, 0.15) is 6.04 Å². The van der Waals surface area contributed by atoms with Crippen LogP contribution in [0.15, 0.2) is 66.9 Å². The number of nitrogens with two attached hydrogens (primary N) is 1. The molecule has 6 nitrogen and oxygen atoms in total. The lowest BCUT2D eigenvalue weighted by molar-refractivity contribution is -0.167. The fourth-order valence-corrected chi connectivity index (χ4v) is 4.59. The molecule has 1 aromatic heterocycles. The molecule has 3 aromatic rings. The second kappa shape index (κ2) is 12.5. The topological polar surface area (TPSA) is 93.4 Å². The molecule has 0 aliphatic carbocycles. The minimum absolute atomic E-state index is 0.0560. The number of halogens is 3. The minimum atomic E-state index is -4.86. The molecule has 36 heavy (non-hydrogen) atoms. The Morgan fingerprint density at radius 1 is 1.00 bits per heavy atom. The zero-order valence-electron chi connectivity index (χ0n) is 19.4. The van der Waals surface area contributed by atoms with Gasteiger partial charge in [0.25, 0.3) is 0 Å². The summed E-state index contributed by atoms with van der Waals surface area (Å²) in [6, 6.07) is 17.5. The quantitative estimate of drug-likeness (QED) is 0.362. The summed E-state index contributed by atoms with van der Waals surface area (Å²) in [5.74, 6) is -3.30. The van der Waals surface area contributed by atoms with Crippen LogP contribution in [0.2, 0.25) is 0 Å². The van der Waals surface area contributed by atoms with E-state index in [-0.39, 0.29) is 31.0 Å². The smallest absolute Gasteiger partial charge is 0.368 e. The van der Waals surface area contributed by atoms with Gasteiger partial charge >= 0.3 is 6.18 Å². The van der Waals surface area contributed by atoms with Gasteiger partial charge in [-0.2, -0.15) is 24.9 Å². The van der Waals surface area contributed by atoms with E-state index in [1.165, 1.54) is 4.90 Å². The van der Waals surface area contributed by atoms with Crippen molar-refractivity contribution in [2.45, 2.75) is 38.0 Å². The number of alkyl halides is 3. The third-order valence-electron chi connectivity index (χ3n) is 5.54. The maximum absolute atomic E-state index is 13.3. The monoisotopic (exact) mass is 517 g/mol. The summed E-state index contributed by atoms with van der Waals surface area (Å²) in [6.45, 7) is 0.0941. The summed E-state index contributed by atoms with van der Waals surface area (Å²) < 4.78 is 37.2. The molecule has 2 amide bonds. The molecular weight excluding hydrogens is 491 g/mol. The molecule has 0 saturated carbocycles. The number of hydrogen-bond acceptors (Lipinski definition) is 5. The number of nitrogens with zero attached hydrogens (tertiary/aromatic N) is 2. The first-order valence-corrected chi connectivity index (χ1v) is 12.4. The fraction of sp³-hybridized carbons (Fsp3) is 0.308. The highest BCUT2D eigenvalue weighted by atomic mass is 32.2. The first-order chi connectivity index (χ1) is 17.1. The van der Waals surface area contributed by atoms with E-state index >= 15 is 0 Å². The van der Waals surface area contributed by atoms with Gasteiger partial charge in [0, 0.05) is 18.1 Å². The van der Waals surface area contributed by atoms with Crippen LogP contribution in [0.3, 0.4) is 0 Å².